The molecule has 2 aromatic heterocycles. The Labute approximate surface area is 223 Å². The molecule has 4 aromatic rings. The van der Waals surface area contributed by atoms with E-state index < -0.39 is 18.0 Å². The number of aromatic nitrogens is 1. The molecule has 2 aromatic carbocycles. The monoisotopic (exact) mass is 540 g/mol. The summed E-state index contributed by atoms with van der Waals surface area (Å²) < 4.78 is 61.7. The predicted octanol–water partition coefficient (Wildman–Crippen LogP) is 6.63. The van der Waals surface area contributed by atoms with Gasteiger partial charge < -0.3 is 23.5 Å². The normalized spacial score (nSPS) is 14.4. The van der Waals surface area contributed by atoms with Crippen LogP contribution in [0.25, 0.3) is 33.6 Å². The molecule has 5 rings (SSSR count). The first-order chi connectivity index (χ1) is 18.6. The topological polar surface area (TPSA) is 74.0 Å². The van der Waals surface area contributed by atoms with Crippen LogP contribution in [0.2, 0.25) is 0 Å². The molecule has 0 aliphatic carbocycles. The fourth-order valence-electron chi connectivity index (χ4n) is 4.55. The number of rotatable bonds is 6. The van der Waals surface area contributed by atoms with Crippen molar-refractivity contribution in [3.8, 4) is 33.9 Å². The first-order valence-corrected chi connectivity index (χ1v) is 12.4. The lowest BCUT2D eigenvalue weighted by Crippen LogP contribution is -2.26. The lowest BCUT2D eigenvalue weighted by Gasteiger charge is -2.24. The number of hydrogen-bond acceptors (Lipinski definition) is 6. The van der Waals surface area contributed by atoms with Gasteiger partial charge in [0.1, 0.15) is 28.9 Å². The zero-order chi connectivity index (χ0) is 27.7. The van der Waals surface area contributed by atoms with Gasteiger partial charge in [0.15, 0.2) is 5.58 Å². The average molecular weight is 541 g/mol. The van der Waals surface area contributed by atoms with E-state index >= 15 is 0 Å². The molecule has 39 heavy (non-hydrogen) atoms. The molecular weight excluding hydrogens is 513 g/mol. The summed E-state index contributed by atoms with van der Waals surface area (Å²) in [4.78, 5) is 18.0. The first kappa shape index (κ1) is 26.6. The van der Waals surface area contributed by atoms with Gasteiger partial charge in [0.2, 0.25) is 0 Å². The van der Waals surface area contributed by atoms with Crippen LogP contribution in [0.15, 0.2) is 59.1 Å². The number of furan rings is 1. The van der Waals surface area contributed by atoms with Crippen LogP contribution in [0.1, 0.15) is 28.8 Å². The summed E-state index contributed by atoms with van der Waals surface area (Å²) in [5.74, 6) is -0.0790. The average Bonchev–Trinajstić information content (AvgIpc) is 3.33. The van der Waals surface area contributed by atoms with E-state index in [-0.39, 0.29) is 23.0 Å². The minimum Gasteiger partial charge on any atom is -0.490 e. The minimum atomic E-state index is -4.96. The largest absolute Gasteiger partial charge is 0.573 e. The second kappa shape index (κ2) is 10.6. The lowest BCUT2D eigenvalue weighted by molar-refractivity contribution is -0.274. The number of nitrogens with zero attached hydrogens (tertiary/aromatic N) is 2. The van der Waals surface area contributed by atoms with Gasteiger partial charge in [-0.15, -0.1) is 13.2 Å². The van der Waals surface area contributed by atoms with E-state index in [4.69, 9.17) is 13.9 Å². The molecule has 1 fully saturated rings. The third kappa shape index (κ3) is 5.85. The van der Waals surface area contributed by atoms with Gasteiger partial charge in [0.25, 0.3) is 5.91 Å². The molecule has 7 nitrogen and oxygen atoms in total. The van der Waals surface area contributed by atoms with Gasteiger partial charge >= 0.3 is 6.36 Å². The number of alkyl halides is 3. The molecule has 0 atom stereocenters. The second-order valence-electron chi connectivity index (χ2n) is 9.55. The van der Waals surface area contributed by atoms with E-state index in [0.29, 0.717) is 24.3 Å². The Hall–Kier alpha value is -4.05. The maximum absolute atomic E-state index is 13.3. The Morgan fingerprint density at radius 1 is 1.00 bits per heavy atom. The molecule has 0 N–H and O–H groups in total. The van der Waals surface area contributed by atoms with Crippen molar-refractivity contribution >= 4 is 17.0 Å². The van der Waals surface area contributed by atoms with Crippen LogP contribution in [0.3, 0.4) is 0 Å². The molecule has 0 radical (unpaired) electrons. The number of amides is 1. The van der Waals surface area contributed by atoms with Gasteiger partial charge in [-0.25, -0.2) is 0 Å². The third-order valence-corrected chi connectivity index (χ3v) is 6.49. The van der Waals surface area contributed by atoms with E-state index in [1.165, 1.54) is 31.1 Å². The fraction of sp³-hybridized carbons (Fsp3) is 0.310. The number of halogens is 3. The van der Waals surface area contributed by atoms with Crippen molar-refractivity contribution in [3.05, 3.63) is 65.9 Å². The van der Waals surface area contributed by atoms with E-state index in [2.05, 4.69) is 9.72 Å². The minimum absolute atomic E-state index is 0.0444. The van der Waals surface area contributed by atoms with Gasteiger partial charge in [0.05, 0.1) is 18.8 Å². The van der Waals surface area contributed by atoms with Crippen LogP contribution < -0.4 is 9.47 Å². The number of fused-ring (bicyclic) bond motifs is 1. The molecule has 1 aliphatic heterocycles. The fourth-order valence-corrected chi connectivity index (χ4v) is 4.55. The van der Waals surface area contributed by atoms with Gasteiger partial charge in [-0.1, -0.05) is 6.07 Å². The standard InChI is InChI=1S/C29H27F3N2O5/c1-17-14-18(5-7-24(17)37-20-9-12-36-13-10-20)21-8-11-33-23-16-25(38-27(21)23)22-6-4-19(28(35)34(2)3)15-26(22)39-29(30,31)32/h4-8,11,14-16,20H,9-10,12-13H2,1-3H3. The SMILES string of the molecule is Cc1cc(-c2ccnc3cc(-c4ccc(C(=O)N(C)C)cc4OC(F)(F)F)oc23)ccc1OC1CCOCC1. The number of carbonyl (C=O) groups excluding carboxylic acids is 1. The maximum atomic E-state index is 13.3. The van der Waals surface area contributed by atoms with Crippen molar-refractivity contribution in [2.45, 2.75) is 32.2 Å². The summed E-state index contributed by atoms with van der Waals surface area (Å²) in [6.45, 7) is 3.32. The molecule has 3 heterocycles. The van der Waals surface area contributed by atoms with E-state index in [0.717, 1.165) is 41.3 Å². The number of carbonyl (C=O) groups is 1. The van der Waals surface area contributed by atoms with E-state index in [9.17, 15) is 18.0 Å². The number of aryl methyl sites for hydroxylation is 1. The molecule has 204 valence electrons. The Kier molecular flexibility index (Phi) is 7.22. The second-order valence-corrected chi connectivity index (χ2v) is 9.55. The molecule has 0 saturated carbocycles. The maximum Gasteiger partial charge on any atom is 0.573 e. The zero-order valence-electron chi connectivity index (χ0n) is 21.7. The smallest absolute Gasteiger partial charge is 0.490 e. The van der Waals surface area contributed by atoms with Crippen molar-refractivity contribution in [1.29, 1.82) is 0 Å². The zero-order valence-corrected chi connectivity index (χ0v) is 21.7. The van der Waals surface area contributed by atoms with Crippen LogP contribution in [0.5, 0.6) is 11.5 Å². The van der Waals surface area contributed by atoms with E-state index in [1.807, 2.05) is 25.1 Å². The summed E-state index contributed by atoms with van der Waals surface area (Å²) in [6, 6.07) is 13.0. The molecular formula is C29H27F3N2O5. The molecule has 10 heteroatoms. The van der Waals surface area contributed by atoms with Gasteiger partial charge in [-0.05, 0) is 54.4 Å². The first-order valence-electron chi connectivity index (χ1n) is 12.4. The highest BCUT2D eigenvalue weighted by molar-refractivity contribution is 5.96. The molecule has 0 spiro atoms. The Balaban J connectivity index is 1.52. The van der Waals surface area contributed by atoms with Crippen molar-refractivity contribution in [2.75, 3.05) is 27.3 Å². The summed E-state index contributed by atoms with van der Waals surface area (Å²) >= 11 is 0. The molecule has 0 unspecified atom stereocenters. The Morgan fingerprint density at radius 3 is 2.46 bits per heavy atom. The van der Waals surface area contributed by atoms with Gasteiger partial charge in [-0.3, -0.25) is 9.78 Å². The summed E-state index contributed by atoms with van der Waals surface area (Å²) in [5.41, 5.74) is 3.49. The van der Waals surface area contributed by atoms with Crippen LogP contribution in [-0.2, 0) is 4.74 Å². The highest BCUT2D eigenvalue weighted by atomic mass is 19.4. The van der Waals surface area contributed by atoms with Gasteiger partial charge in [-0.2, -0.15) is 0 Å². The van der Waals surface area contributed by atoms with Crippen LogP contribution in [0, 0.1) is 6.92 Å². The number of ether oxygens (including phenoxy) is 3. The van der Waals surface area contributed by atoms with Crippen molar-refractivity contribution in [3.63, 3.8) is 0 Å². The van der Waals surface area contributed by atoms with Crippen LogP contribution >= 0.6 is 0 Å². The number of benzene rings is 2. The van der Waals surface area contributed by atoms with Gasteiger partial charge in [0, 0.05) is 50.3 Å². The van der Waals surface area contributed by atoms with Crippen LogP contribution in [0.4, 0.5) is 13.2 Å². The number of hydrogen-bond donors (Lipinski definition) is 0. The van der Waals surface area contributed by atoms with Crippen molar-refractivity contribution in [2.24, 2.45) is 0 Å². The lowest BCUT2D eigenvalue weighted by atomic mass is 10.0. The molecule has 1 saturated heterocycles. The Bertz CT molecular complexity index is 1510. The van der Waals surface area contributed by atoms with Crippen molar-refractivity contribution < 1.29 is 36.6 Å². The third-order valence-electron chi connectivity index (χ3n) is 6.49. The van der Waals surface area contributed by atoms with E-state index in [1.54, 1.807) is 18.3 Å². The summed E-state index contributed by atoms with van der Waals surface area (Å²) in [6.07, 6.45) is -1.56. The Morgan fingerprint density at radius 2 is 1.77 bits per heavy atom. The number of pyridine rings is 1. The molecule has 1 aliphatic rings. The molecule has 0 bridgehead atoms. The van der Waals surface area contributed by atoms with Crippen molar-refractivity contribution in [1.82, 2.24) is 9.88 Å². The predicted molar refractivity (Wildman–Crippen MR) is 139 cm³/mol. The summed E-state index contributed by atoms with van der Waals surface area (Å²) in [7, 11) is 3.02. The quantitative estimate of drug-likeness (QED) is 0.273. The van der Waals surface area contributed by atoms with Crippen LogP contribution in [-0.4, -0.2) is 55.6 Å². The highest BCUT2D eigenvalue weighted by Gasteiger charge is 2.33. The summed E-state index contributed by atoms with van der Waals surface area (Å²) in [5, 5.41) is 0. The highest BCUT2D eigenvalue weighted by Crippen LogP contribution is 2.40. The molecule has 1 amide bonds.